The van der Waals surface area contributed by atoms with Crippen LogP contribution in [0.2, 0.25) is 0 Å². The topological polar surface area (TPSA) is 26.0 Å². The molecule has 3 rings (SSSR count). The standard InChI is InChI=1S/C26H33F4N/c1-26(2,3)15-5-4-6-16-7-9-17(10-8-16)18-11-13-19(14-12-18)20-21(27)23(29)25(31)24(30)22(20)28/h11-14,16-17H,4-10,15,31H2,1-3H3. The molecule has 0 amide bonds. The summed E-state index contributed by atoms with van der Waals surface area (Å²) in [6.45, 7) is 6.85. The van der Waals surface area contributed by atoms with Gasteiger partial charge in [0.1, 0.15) is 5.69 Å². The summed E-state index contributed by atoms with van der Waals surface area (Å²) in [6, 6.07) is 6.69. The van der Waals surface area contributed by atoms with Crippen LogP contribution in [-0.2, 0) is 0 Å². The predicted octanol–water partition coefficient (Wildman–Crippen LogP) is 8.37. The minimum absolute atomic E-state index is 0.101. The fourth-order valence-electron chi connectivity index (χ4n) is 4.70. The van der Waals surface area contributed by atoms with E-state index in [1.54, 1.807) is 0 Å². The van der Waals surface area contributed by atoms with Crippen LogP contribution in [0.4, 0.5) is 23.2 Å². The fraction of sp³-hybridized carbons (Fsp3) is 0.538. The molecule has 1 aliphatic carbocycles. The molecule has 2 aromatic carbocycles. The van der Waals surface area contributed by atoms with Gasteiger partial charge in [-0.2, -0.15) is 0 Å². The summed E-state index contributed by atoms with van der Waals surface area (Å²) in [5.74, 6) is -4.85. The molecule has 1 nitrogen and oxygen atoms in total. The molecule has 5 heteroatoms. The van der Waals surface area contributed by atoms with E-state index in [1.165, 1.54) is 50.7 Å². The first-order valence-electron chi connectivity index (χ1n) is 11.3. The summed E-state index contributed by atoms with van der Waals surface area (Å²) < 4.78 is 56.0. The van der Waals surface area contributed by atoms with Gasteiger partial charge in [0.25, 0.3) is 0 Å². The maximum absolute atomic E-state index is 14.2. The van der Waals surface area contributed by atoms with Crippen molar-refractivity contribution in [3.63, 3.8) is 0 Å². The van der Waals surface area contributed by atoms with Gasteiger partial charge in [-0.05, 0) is 60.5 Å². The Labute approximate surface area is 183 Å². The SMILES string of the molecule is CC(C)(C)CCCCC1CCC(c2ccc(-c3c(F)c(F)c(N)c(F)c3F)cc2)CC1. The van der Waals surface area contributed by atoms with Crippen LogP contribution < -0.4 is 5.73 Å². The number of unbranched alkanes of at least 4 members (excludes halogenated alkanes) is 1. The quantitative estimate of drug-likeness (QED) is 0.210. The van der Waals surface area contributed by atoms with E-state index in [1.807, 2.05) is 12.1 Å². The van der Waals surface area contributed by atoms with Crippen LogP contribution in [0.25, 0.3) is 11.1 Å². The van der Waals surface area contributed by atoms with Gasteiger partial charge >= 0.3 is 0 Å². The summed E-state index contributed by atoms with van der Waals surface area (Å²) in [7, 11) is 0. The number of benzene rings is 2. The Balaban J connectivity index is 1.60. The Kier molecular flexibility index (Phi) is 7.33. The molecule has 0 saturated heterocycles. The molecule has 1 saturated carbocycles. The van der Waals surface area contributed by atoms with Gasteiger partial charge in [0.15, 0.2) is 23.3 Å². The number of nitrogens with two attached hydrogens (primary N) is 1. The normalized spacial score (nSPS) is 19.6. The van der Waals surface area contributed by atoms with Gasteiger partial charge in [0.2, 0.25) is 0 Å². The lowest BCUT2D eigenvalue weighted by molar-refractivity contribution is 0.290. The Hall–Kier alpha value is -2.04. The van der Waals surface area contributed by atoms with Crippen molar-refractivity contribution in [2.45, 2.75) is 78.1 Å². The van der Waals surface area contributed by atoms with Gasteiger partial charge in [-0.1, -0.05) is 64.3 Å². The highest BCUT2D eigenvalue weighted by molar-refractivity contribution is 5.68. The average molecular weight is 436 g/mol. The molecule has 31 heavy (non-hydrogen) atoms. The molecule has 0 radical (unpaired) electrons. The van der Waals surface area contributed by atoms with E-state index in [9.17, 15) is 17.6 Å². The summed E-state index contributed by atoms with van der Waals surface area (Å²) >= 11 is 0. The minimum atomic E-state index is -1.56. The van der Waals surface area contributed by atoms with Crippen molar-refractivity contribution >= 4 is 5.69 Å². The lowest BCUT2D eigenvalue weighted by Gasteiger charge is -2.29. The second-order valence-electron chi connectivity index (χ2n) is 10.2. The molecule has 0 unspecified atom stereocenters. The van der Waals surface area contributed by atoms with E-state index in [-0.39, 0.29) is 5.56 Å². The van der Waals surface area contributed by atoms with Crippen LogP contribution in [-0.4, -0.2) is 0 Å². The monoisotopic (exact) mass is 435 g/mol. The van der Waals surface area contributed by atoms with Crippen molar-refractivity contribution in [3.8, 4) is 11.1 Å². The lowest BCUT2D eigenvalue weighted by atomic mass is 9.76. The molecule has 1 aliphatic rings. The highest BCUT2D eigenvalue weighted by Crippen LogP contribution is 2.39. The van der Waals surface area contributed by atoms with Crippen LogP contribution in [0.1, 0.15) is 83.6 Å². The fourth-order valence-corrected chi connectivity index (χ4v) is 4.70. The lowest BCUT2D eigenvalue weighted by Crippen LogP contribution is -2.13. The van der Waals surface area contributed by atoms with Crippen molar-refractivity contribution < 1.29 is 17.6 Å². The number of rotatable bonds is 6. The van der Waals surface area contributed by atoms with Gasteiger partial charge in [-0.15, -0.1) is 0 Å². The molecular formula is C26H33F4N. The highest BCUT2D eigenvalue weighted by Gasteiger charge is 2.26. The summed E-state index contributed by atoms with van der Waals surface area (Å²) in [5.41, 5.74) is 4.85. The van der Waals surface area contributed by atoms with Gasteiger partial charge in [0.05, 0.1) is 5.56 Å². The van der Waals surface area contributed by atoms with E-state index in [0.717, 1.165) is 24.3 Å². The van der Waals surface area contributed by atoms with E-state index >= 15 is 0 Å². The van der Waals surface area contributed by atoms with Crippen molar-refractivity contribution in [1.82, 2.24) is 0 Å². The number of halogens is 4. The smallest absolute Gasteiger partial charge is 0.185 e. The second-order valence-corrected chi connectivity index (χ2v) is 10.2. The maximum atomic E-state index is 14.2. The molecule has 0 heterocycles. The van der Waals surface area contributed by atoms with Gasteiger partial charge in [0, 0.05) is 0 Å². The number of hydrogen-bond donors (Lipinski definition) is 1. The molecule has 2 N–H and O–H groups in total. The molecule has 0 spiro atoms. The number of nitrogen functional groups attached to an aromatic ring is 1. The van der Waals surface area contributed by atoms with Gasteiger partial charge < -0.3 is 5.73 Å². The predicted molar refractivity (Wildman–Crippen MR) is 119 cm³/mol. The van der Waals surface area contributed by atoms with E-state index < -0.39 is 34.5 Å². The zero-order valence-corrected chi connectivity index (χ0v) is 18.7. The molecule has 2 aromatic rings. The first-order valence-corrected chi connectivity index (χ1v) is 11.3. The Morgan fingerprint density at radius 3 is 1.87 bits per heavy atom. The summed E-state index contributed by atoms with van der Waals surface area (Å²) in [4.78, 5) is 0. The first kappa shape index (κ1) is 23.6. The maximum Gasteiger partial charge on any atom is 0.185 e. The number of hydrogen-bond acceptors (Lipinski definition) is 1. The number of anilines is 1. The van der Waals surface area contributed by atoms with E-state index in [0.29, 0.717) is 11.3 Å². The largest absolute Gasteiger partial charge is 0.394 e. The third-order valence-corrected chi connectivity index (χ3v) is 6.60. The Bertz CT molecular complexity index is 862. The first-order chi connectivity index (χ1) is 14.6. The van der Waals surface area contributed by atoms with Crippen LogP contribution in [0.3, 0.4) is 0 Å². The van der Waals surface area contributed by atoms with E-state index in [2.05, 4.69) is 20.8 Å². The molecule has 0 aliphatic heterocycles. The van der Waals surface area contributed by atoms with Gasteiger partial charge in [-0.3, -0.25) is 0 Å². The minimum Gasteiger partial charge on any atom is -0.394 e. The Morgan fingerprint density at radius 2 is 1.35 bits per heavy atom. The zero-order chi connectivity index (χ0) is 22.8. The van der Waals surface area contributed by atoms with Crippen LogP contribution in [0.15, 0.2) is 24.3 Å². The molecule has 0 bridgehead atoms. The average Bonchev–Trinajstić information content (AvgIpc) is 2.74. The molecule has 0 atom stereocenters. The molecule has 1 fully saturated rings. The molecule has 170 valence electrons. The zero-order valence-electron chi connectivity index (χ0n) is 18.7. The van der Waals surface area contributed by atoms with Crippen molar-refractivity contribution in [2.75, 3.05) is 5.73 Å². The second kappa shape index (κ2) is 9.62. The highest BCUT2D eigenvalue weighted by atomic mass is 19.2. The third-order valence-electron chi connectivity index (χ3n) is 6.60. The third kappa shape index (κ3) is 5.61. The van der Waals surface area contributed by atoms with E-state index in [4.69, 9.17) is 5.73 Å². The van der Waals surface area contributed by atoms with Crippen LogP contribution >= 0.6 is 0 Å². The van der Waals surface area contributed by atoms with Crippen molar-refractivity contribution in [2.24, 2.45) is 11.3 Å². The molecule has 0 aromatic heterocycles. The summed E-state index contributed by atoms with van der Waals surface area (Å²) in [6.07, 6.45) is 9.69. The summed E-state index contributed by atoms with van der Waals surface area (Å²) in [5, 5.41) is 0. The Morgan fingerprint density at radius 1 is 0.806 bits per heavy atom. The van der Waals surface area contributed by atoms with Crippen molar-refractivity contribution in [3.05, 3.63) is 53.1 Å². The van der Waals surface area contributed by atoms with Crippen LogP contribution in [0, 0.1) is 34.6 Å². The van der Waals surface area contributed by atoms with Crippen molar-refractivity contribution in [1.29, 1.82) is 0 Å². The van der Waals surface area contributed by atoms with Crippen LogP contribution in [0.5, 0.6) is 0 Å². The van der Waals surface area contributed by atoms with Gasteiger partial charge in [-0.25, -0.2) is 17.6 Å². The molecular weight excluding hydrogens is 402 g/mol.